The van der Waals surface area contributed by atoms with Crippen LogP contribution in [0.25, 0.3) is 11.1 Å². The first kappa shape index (κ1) is 17.1. The molecule has 0 aliphatic carbocycles. The maximum Gasteiger partial charge on any atom is 0.243 e. The quantitative estimate of drug-likeness (QED) is 0.930. The molecule has 5 heteroatoms. The molecular weight excluding hydrogens is 320 g/mol. The van der Waals surface area contributed by atoms with Crippen LogP contribution in [-0.2, 0) is 10.0 Å². The van der Waals surface area contributed by atoms with Gasteiger partial charge >= 0.3 is 0 Å². The lowest BCUT2D eigenvalue weighted by Gasteiger charge is -2.41. The maximum atomic E-state index is 12.9. The highest BCUT2D eigenvalue weighted by molar-refractivity contribution is 7.89. The molecule has 3 rings (SSSR count). The second kappa shape index (κ2) is 6.31. The summed E-state index contributed by atoms with van der Waals surface area (Å²) < 4.78 is 27.4. The first-order valence-electron chi connectivity index (χ1n) is 8.22. The van der Waals surface area contributed by atoms with Crippen LogP contribution in [0.4, 0.5) is 0 Å². The molecule has 0 spiro atoms. The fourth-order valence-corrected chi connectivity index (χ4v) is 4.76. The number of nitrogens with zero attached hydrogens (tertiary/aromatic N) is 1. The molecule has 0 aromatic heterocycles. The van der Waals surface area contributed by atoms with Crippen LogP contribution in [0.1, 0.15) is 20.3 Å². The lowest BCUT2D eigenvalue weighted by Crippen LogP contribution is -2.53. The van der Waals surface area contributed by atoms with E-state index in [1.807, 2.05) is 56.3 Å². The van der Waals surface area contributed by atoms with Crippen LogP contribution in [0.3, 0.4) is 0 Å². The fourth-order valence-electron chi connectivity index (χ4n) is 3.13. The Morgan fingerprint density at radius 3 is 2.17 bits per heavy atom. The highest BCUT2D eigenvalue weighted by atomic mass is 32.2. The van der Waals surface area contributed by atoms with Crippen molar-refractivity contribution in [2.45, 2.75) is 31.2 Å². The Morgan fingerprint density at radius 2 is 1.58 bits per heavy atom. The number of nitrogens with two attached hydrogens (primary N) is 1. The molecule has 0 saturated carbocycles. The number of benzene rings is 2. The van der Waals surface area contributed by atoms with E-state index in [4.69, 9.17) is 5.73 Å². The van der Waals surface area contributed by atoms with E-state index in [-0.39, 0.29) is 11.5 Å². The van der Waals surface area contributed by atoms with Gasteiger partial charge in [-0.2, -0.15) is 4.31 Å². The van der Waals surface area contributed by atoms with Crippen LogP contribution >= 0.6 is 0 Å². The van der Waals surface area contributed by atoms with Gasteiger partial charge in [0.25, 0.3) is 0 Å². The van der Waals surface area contributed by atoms with Crippen LogP contribution in [0.15, 0.2) is 59.5 Å². The summed E-state index contributed by atoms with van der Waals surface area (Å²) in [5.74, 6) is 0. The molecule has 24 heavy (non-hydrogen) atoms. The summed E-state index contributed by atoms with van der Waals surface area (Å²) in [6.45, 7) is 4.99. The average Bonchev–Trinajstić information content (AvgIpc) is 2.58. The molecule has 1 aliphatic heterocycles. The molecular formula is C19H24N2O2S. The van der Waals surface area contributed by atoms with Crippen molar-refractivity contribution in [2.24, 2.45) is 11.1 Å². The lowest BCUT2D eigenvalue weighted by molar-refractivity contribution is 0.155. The molecule has 2 N–H and O–H groups in total. The van der Waals surface area contributed by atoms with Gasteiger partial charge in [0.15, 0.2) is 0 Å². The van der Waals surface area contributed by atoms with Crippen molar-refractivity contribution in [1.29, 1.82) is 0 Å². The molecule has 1 atom stereocenters. The van der Waals surface area contributed by atoms with E-state index in [1.54, 1.807) is 16.4 Å². The average molecular weight is 344 g/mol. The van der Waals surface area contributed by atoms with E-state index in [2.05, 4.69) is 0 Å². The normalized spacial score (nSPS) is 21.5. The van der Waals surface area contributed by atoms with E-state index in [9.17, 15) is 8.42 Å². The Kier molecular flexibility index (Phi) is 4.51. The third-order valence-electron chi connectivity index (χ3n) is 4.88. The summed E-state index contributed by atoms with van der Waals surface area (Å²) in [4.78, 5) is 0.341. The third-order valence-corrected chi connectivity index (χ3v) is 6.74. The predicted molar refractivity (Wildman–Crippen MR) is 97.0 cm³/mol. The molecule has 0 amide bonds. The van der Waals surface area contributed by atoms with Crippen molar-refractivity contribution in [3.63, 3.8) is 0 Å². The lowest BCUT2D eigenvalue weighted by atomic mass is 9.81. The van der Waals surface area contributed by atoms with E-state index >= 15 is 0 Å². The van der Waals surface area contributed by atoms with E-state index in [0.717, 1.165) is 11.1 Å². The van der Waals surface area contributed by atoms with Gasteiger partial charge in [-0.25, -0.2) is 8.42 Å². The largest absolute Gasteiger partial charge is 0.327 e. The number of rotatable bonds is 3. The third kappa shape index (κ3) is 3.24. The van der Waals surface area contributed by atoms with Gasteiger partial charge in [0.1, 0.15) is 0 Å². The predicted octanol–water partition coefficient (Wildman–Crippen LogP) is 3.10. The Bertz CT molecular complexity index is 799. The van der Waals surface area contributed by atoms with Gasteiger partial charge in [0, 0.05) is 19.1 Å². The Balaban J connectivity index is 1.85. The van der Waals surface area contributed by atoms with Gasteiger partial charge in [-0.15, -0.1) is 0 Å². The summed E-state index contributed by atoms with van der Waals surface area (Å²) in [6, 6.07) is 17.1. The van der Waals surface area contributed by atoms with Crippen molar-refractivity contribution in [3.8, 4) is 11.1 Å². The van der Waals surface area contributed by atoms with Gasteiger partial charge in [-0.3, -0.25) is 0 Å². The number of piperidine rings is 1. The van der Waals surface area contributed by atoms with Gasteiger partial charge in [-0.05, 0) is 35.1 Å². The van der Waals surface area contributed by atoms with Crippen molar-refractivity contribution in [2.75, 3.05) is 13.1 Å². The molecule has 1 saturated heterocycles. The van der Waals surface area contributed by atoms with Crippen molar-refractivity contribution in [3.05, 3.63) is 54.6 Å². The van der Waals surface area contributed by atoms with Crippen LogP contribution in [-0.4, -0.2) is 31.9 Å². The summed E-state index contributed by atoms with van der Waals surface area (Å²) in [5, 5.41) is 0. The minimum absolute atomic E-state index is 0.0319. The molecule has 1 heterocycles. The molecule has 0 bridgehead atoms. The van der Waals surface area contributed by atoms with Crippen molar-refractivity contribution in [1.82, 2.24) is 4.31 Å². The monoisotopic (exact) mass is 344 g/mol. The molecule has 0 radical (unpaired) electrons. The Hall–Kier alpha value is -1.69. The van der Waals surface area contributed by atoms with E-state index in [0.29, 0.717) is 24.4 Å². The summed E-state index contributed by atoms with van der Waals surface area (Å²) in [7, 11) is -3.48. The van der Waals surface area contributed by atoms with Crippen molar-refractivity contribution < 1.29 is 8.42 Å². The van der Waals surface area contributed by atoms with Gasteiger partial charge in [0.05, 0.1) is 4.90 Å². The molecule has 2 aromatic rings. The van der Waals surface area contributed by atoms with Crippen LogP contribution in [0, 0.1) is 5.41 Å². The summed E-state index contributed by atoms with van der Waals surface area (Å²) >= 11 is 0. The highest BCUT2D eigenvalue weighted by Crippen LogP contribution is 2.31. The standard InChI is InChI=1S/C19H24N2O2S/c1-19(2)14-21(13-12-18(19)20)24(22,23)17-10-8-16(9-11-17)15-6-4-3-5-7-15/h3-11,18H,12-14,20H2,1-2H3. The van der Waals surface area contributed by atoms with E-state index in [1.165, 1.54) is 0 Å². The Morgan fingerprint density at radius 1 is 1.00 bits per heavy atom. The van der Waals surface area contributed by atoms with Crippen LogP contribution in [0.5, 0.6) is 0 Å². The molecule has 128 valence electrons. The van der Waals surface area contributed by atoms with E-state index < -0.39 is 10.0 Å². The molecule has 2 aromatic carbocycles. The fraction of sp³-hybridized carbons (Fsp3) is 0.368. The summed E-state index contributed by atoms with van der Waals surface area (Å²) in [6.07, 6.45) is 0.689. The molecule has 1 unspecified atom stereocenters. The Labute approximate surface area is 144 Å². The second-order valence-electron chi connectivity index (χ2n) is 7.11. The SMILES string of the molecule is CC1(C)CN(S(=O)(=O)c2ccc(-c3ccccc3)cc2)CCC1N. The highest BCUT2D eigenvalue weighted by Gasteiger charge is 2.38. The maximum absolute atomic E-state index is 12.9. The topological polar surface area (TPSA) is 63.4 Å². The zero-order chi connectivity index (χ0) is 17.4. The molecule has 1 aliphatic rings. The first-order valence-corrected chi connectivity index (χ1v) is 9.66. The number of hydrogen-bond donors (Lipinski definition) is 1. The van der Waals surface area contributed by atoms with Gasteiger partial charge in [0.2, 0.25) is 10.0 Å². The van der Waals surface area contributed by atoms with Gasteiger partial charge < -0.3 is 5.73 Å². The number of sulfonamides is 1. The van der Waals surface area contributed by atoms with Gasteiger partial charge in [-0.1, -0.05) is 56.3 Å². The first-order chi connectivity index (χ1) is 11.3. The molecule has 4 nitrogen and oxygen atoms in total. The summed E-state index contributed by atoms with van der Waals surface area (Å²) in [5.41, 5.74) is 7.99. The number of hydrogen-bond acceptors (Lipinski definition) is 3. The second-order valence-corrected chi connectivity index (χ2v) is 9.05. The minimum Gasteiger partial charge on any atom is -0.327 e. The van der Waals surface area contributed by atoms with Crippen LogP contribution in [0.2, 0.25) is 0 Å². The zero-order valence-corrected chi connectivity index (χ0v) is 15.0. The zero-order valence-electron chi connectivity index (χ0n) is 14.1. The minimum atomic E-state index is -3.48. The molecule has 1 fully saturated rings. The van der Waals surface area contributed by atoms with Crippen LogP contribution < -0.4 is 5.73 Å². The smallest absolute Gasteiger partial charge is 0.243 e. The van der Waals surface area contributed by atoms with Crippen molar-refractivity contribution >= 4 is 10.0 Å².